The first-order valence-electron chi connectivity index (χ1n) is 6.26. The van der Waals surface area contributed by atoms with Gasteiger partial charge >= 0.3 is 0 Å². The summed E-state index contributed by atoms with van der Waals surface area (Å²) in [6.45, 7) is 12.2. The van der Waals surface area contributed by atoms with Gasteiger partial charge in [-0.1, -0.05) is 38.5 Å². The van der Waals surface area contributed by atoms with Gasteiger partial charge in [-0.3, -0.25) is 0 Å². The molecule has 0 aliphatic carbocycles. The first kappa shape index (κ1) is 15.0. The highest BCUT2D eigenvalue weighted by Crippen LogP contribution is 2.36. The van der Waals surface area contributed by atoms with E-state index >= 15 is 0 Å². The standard InChI is InChI=1S/C15H25N/c1-5-7-8-9-10-11-14(3)15(4,6-2)12-13-16/h5H,1,3,6-12H2,2,4H3. The van der Waals surface area contributed by atoms with Crippen LogP contribution in [0.3, 0.4) is 0 Å². The Balaban J connectivity index is 3.94. The maximum Gasteiger partial charge on any atom is 0.0630 e. The van der Waals surface area contributed by atoms with Gasteiger partial charge in [-0.05, 0) is 32.1 Å². The van der Waals surface area contributed by atoms with E-state index in [-0.39, 0.29) is 5.41 Å². The van der Waals surface area contributed by atoms with Crippen LogP contribution in [0.25, 0.3) is 0 Å². The minimum atomic E-state index is 0.0210. The minimum Gasteiger partial charge on any atom is -0.198 e. The van der Waals surface area contributed by atoms with Gasteiger partial charge in [0.2, 0.25) is 0 Å². The van der Waals surface area contributed by atoms with E-state index in [1.807, 2.05) is 6.08 Å². The van der Waals surface area contributed by atoms with Crippen molar-refractivity contribution in [3.05, 3.63) is 24.8 Å². The fourth-order valence-electron chi connectivity index (χ4n) is 1.78. The monoisotopic (exact) mass is 219 g/mol. The minimum absolute atomic E-state index is 0.0210. The molecule has 0 bridgehead atoms. The molecule has 0 spiro atoms. The maximum atomic E-state index is 8.82. The Hall–Kier alpha value is -1.03. The summed E-state index contributed by atoms with van der Waals surface area (Å²) in [6, 6.07) is 2.28. The third-order valence-corrected chi connectivity index (χ3v) is 3.49. The van der Waals surface area contributed by atoms with E-state index in [4.69, 9.17) is 5.26 Å². The molecule has 0 N–H and O–H groups in total. The van der Waals surface area contributed by atoms with E-state index < -0.39 is 0 Å². The van der Waals surface area contributed by atoms with E-state index in [1.54, 1.807) is 0 Å². The number of nitriles is 1. The van der Waals surface area contributed by atoms with Crippen LogP contribution in [0.1, 0.15) is 58.8 Å². The third kappa shape index (κ3) is 5.16. The molecular formula is C15H25N. The second-order valence-electron chi connectivity index (χ2n) is 4.74. The molecule has 0 fully saturated rings. The first-order valence-corrected chi connectivity index (χ1v) is 6.26. The van der Waals surface area contributed by atoms with Gasteiger partial charge in [0, 0.05) is 11.8 Å². The molecule has 1 heteroatoms. The molecule has 0 aliphatic heterocycles. The molecule has 0 aromatic heterocycles. The maximum absolute atomic E-state index is 8.82. The highest BCUT2D eigenvalue weighted by atomic mass is 14.3. The first-order chi connectivity index (χ1) is 7.60. The molecule has 0 saturated heterocycles. The number of nitrogens with zero attached hydrogens (tertiary/aromatic N) is 1. The number of allylic oxidation sites excluding steroid dienone is 2. The molecule has 1 unspecified atom stereocenters. The highest BCUT2D eigenvalue weighted by molar-refractivity contribution is 5.11. The molecule has 16 heavy (non-hydrogen) atoms. The Kier molecular flexibility index (Phi) is 7.64. The lowest BCUT2D eigenvalue weighted by Gasteiger charge is -2.28. The van der Waals surface area contributed by atoms with Crippen molar-refractivity contribution in [3.63, 3.8) is 0 Å². The van der Waals surface area contributed by atoms with Crippen molar-refractivity contribution in [2.24, 2.45) is 5.41 Å². The van der Waals surface area contributed by atoms with E-state index in [0.717, 1.165) is 19.3 Å². The summed E-state index contributed by atoms with van der Waals surface area (Å²) in [7, 11) is 0. The topological polar surface area (TPSA) is 23.8 Å². The third-order valence-electron chi connectivity index (χ3n) is 3.49. The number of rotatable bonds is 9. The molecule has 1 atom stereocenters. The summed E-state index contributed by atoms with van der Waals surface area (Å²) in [4.78, 5) is 0. The Morgan fingerprint density at radius 1 is 1.38 bits per heavy atom. The van der Waals surface area contributed by atoms with Crippen LogP contribution >= 0.6 is 0 Å². The smallest absolute Gasteiger partial charge is 0.0630 e. The zero-order valence-electron chi connectivity index (χ0n) is 10.9. The molecule has 0 aromatic rings. The largest absolute Gasteiger partial charge is 0.198 e. The van der Waals surface area contributed by atoms with Gasteiger partial charge in [0.1, 0.15) is 0 Å². The van der Waals surface area contributed by atoms with Gasteiger partial charge in [0.25, 0.3) is 0 Å². The van der Waals surface area contributed by atoms with Gasteiger partial charge in [-0.2, -0.15) is 5.26 Å². The Morgan fingerprint density at radius 2 is 2.06 bits per heavy atom. The van der Waals surface area contributed by atoms with Gasteiger partial charge < -0.3 is 0 Å². The average molecular weight is 219 g/mol. The van der Waals surface area contributed by atoms with E-state index in [2.05, 4.69) is 33.1 Å². The Morgan fingerprint density at radius 3 is 2.56 bits per heavy atom. The second-order valence-corrected chi connectivity index (χ2v) is 4.74. The van der Waals surface area contributed by atoms with Crippen molar-refractivity contribution in [1.82, 2.24) is 0 Å². The molecule has 90 valence electrons. The van der Waals surface area contributed by atoms with Crippen molar-refractivity contribution in [3.8, 4) is 6.07 Å². The van der Waals surface area contributed by atoms with Crippen LogP contribution in [-0.4, -0.2) is 0 Å². The van der Waals surface area contributed by atoms with Crippen LogP contribution in [0.5, 0.6) is 0 Å². The summed E-state index contributed by atoms with van der Waals surface area (Å²) in [5.41, 5.74) is 1.27. The lowest BCUT2D eigenvalue weighted by atomic mass is 9.76. The van der Waals surface area contributed by atoms with Crippen molar-refractivity contribution in [2.75, 3.05) is 0 Å². The molecule has 0 saturated carbocycles. The van der Waals surface area contributed by atoms with Crippen LogP contribution < -0.4 is 0 Å². The zero-order valence-corrected chi connectivity index (χ0v) is 10.9. The number of hydrogen-bond donors (Lipinski definition) is 0. The fraction of sp³-hybridized carbons (Fsp3) is 0.667. The summed E-state index contributed by atoms with van der Waals surface area (Å²) in [5.74, 6) is 0. The lowest BCUT2D eigenvalue weighted by Crippen LogP contribution is -2.17. The van der Waals surface area contributed by atoms with Crippen LogP contribution in [0.4, 0.5) is 0 Å². The summed E-state index contributed by atoms with van der Waals surface area (Å²) in [6.07, 6.45) is 9.38. The number of unbranched alkanes of at least 4 members (excludes halogenated alkanes) is 3. The van der Waals surface area contributed by atoms with E-state index in [9.17, 15) is 0 Å². The quantitative estimate of drug-likeness (QED) is 0.395. The van der Waals surface area contributed by atoms with Gasteiger partial charge in [0.15, 0.2) is 0 Å². The molecule has 0 radical (unpaired) electrons. The summed E-state index contributed by atoms with van der Waals surface area (Å²) < 4.78 is 0. The van der Waals surface area contributed by atoms with Crippen LogP contribution in [0.2, 0.25) is 0 Å². The van der Waals surface area contributed by atoms with Gasteiger partial charge in [-0.25, -0.2) is 0 Å². The SMILES string of the molecule is C=CCCCCCC(=C)C(C)(CC)CC#N. The van der Waals surface area contributed by atoms with Crippen molar-refractivity contribution in [2.45, 2.75) is 58.8 Å². The Bertz CT molecular complexity index is 259. The molecular weight excluding hydrogens is 194 g/mol. The molecule has 0 aromatic carbocycles. The fourth-order valence-corrected chi connectivity index (χ4v) is 1.78. The molecule has 0 rings (SSSR count). The molecule has 0 aliphatic rings. The van der Waals surface area contributed by atoms with Crippen LogP contribution in [-0.2, 0) is 0 Å². The Labute approximate surface area is 101 Å². The van der Waals surface area contributed by atoms with Crippen molar-refractivity contribution < 1.29 is 0 Å². The normalized spacial score (nSPS) is 13.8. The van der Waals surface area contributed by atoms with Gasteiger partial charge in [-0.15, -0.1) is 6.58 Å². The van der Waals surface area contributed by atoms with Crippen LogP contribution in [0, 0.1) is 16.7 Å². The van der Waals surface area contributed by atoms with Crippen molar-refractivity contribution >= 4 is 0 Å². The second kappa shape index (κ2) is 8.16. The zero-order chi connectivity index (χ0) is 12.4. The van der Waals surface area contributed by atoms with Crippen molar-refractivity contribution in [1.29, 1.82) is 5.26 Å². The number of hydrogen-bond acceptors (Lipinski definition) is 1. The molecule has 0 heterocycles. The molecule has 1 nitrogen and oxygen atoms in total. The van der Waals surface area contributed by atoms with Gasteiger partial charge in [0.05, 0.1) is 6.07 Å². The molecule has 0 amide bonds. The average Bonchev–Trinajstić information content (AvgIpc) is 2.28. The highest BCUT2D eigenvalue weighted by Gasteiger charge is 2.24. The summed E-state index contributed by atoms with van der Waals surface area (Å²) >= 11 is 0. The van der Waals surface area contributed by atoms with E-state index in [0.29, 0.717) is 6.42 Å². The van der Waals surface area contributed by atoms with Crippen LogP contribution in [0.15, 0.2) is 24.8 Å². The predicted octanol–water partition coefficient (Wildman–Crippen LogP) is 5.01. The summed E-state index contributed by atoms with van der Waals surface area (Å²) in [5, 5.41) is 8.82. The lowest BCUT2D eigenvalue weighted by molar-refractivity contribution is 0.376. The predicted molar refractivity (Wildman–Crippen MR) is 71.1 cm³/mol. The van der Waals surface area contributed by atoms with E-state index in [1.165, 1.54) is 24.8 Å².